The summed E-state index contributed by atoms with van der Waals surface area (Å²) >= 11 is 5.92. The van der Waals surface area contributed by atoms with E-state index in [1.54, 1.807) is 28.6 Å². The predicted octanol–water partition coefficient (Wildman–Crippen LogP) is 4.05. The molecule has 2 heterocycles. The molecule has 5 rings (SSSR count). The van der Waals surface area contributed by atoms with Crippen molar-refractivity contribution in [1.82, 2.24) is 19.4 Å². The zero-order valence-corrected chi connectivity index (χ0v) is 18.8. The van der Waals surface area contributed by atoms with Gasteiger partial charge in [0, 0.05) is 36.8 Å². The van der Waals surface area contributed by atoms with Gasteiger partial charge < -0.3 is 4.42 Å². The quantitative estimate of drug-likeness (QED) is 0.439. The number of aromatic nitrogens is 2. The highest BCUT2D eigenvalue weighted by Crippen LogP contribution is 2.24. The number of rotatable bonds is 5. The van der Waals surface area contributed by atoms with Crippen LogP contribution in [0.25, 0.3) is 22.2 Å². The molecule has 1 saturated heterocycles. The molecule has 1 aliphatic heterocycles. The molecule has 7 nitrogen and oxygen atoms in total. The lowest BCUT2D eigenvalue weighted by molar-refractivity contribution is 0.168. The van der Waals surface area contributed by atoms with Gasteiger partial charge in [0.25, 0.3) is 0 Å². The molecule has 0 atom stereocenters. The highest BCUT2D eigenvalue weighted by Gasteiger charge is 2.29. The molecular weight excluding hydrogens is 448 g/mol. The third-order valence-corrected chi connectivity index (χ3v) is 7.75. The van der Waals surface area contributed by atoms with Gasteiger partial charge in [0.15, 0.2) is 0 Å². The van der Waals surface area contributed by atoms with E-state index in [2.05, 4.69) is 15.1 Å². The van der Waals surface area contributed by atoms with Crippen molar-refractivity contribution in [2.75, 3.05) is 26.2 Å². The Hall–Kier alpha value is -2.78. The molecule has 164 valence electrons. The molecule has 1 aromatic heterocycles. The van der Waals surface area contributed by atoms with Crippen molar-refractivity contribution in [1.29, 1.82) is 0 Å². The van der Waals surface area contributed by atoms with Crippen molar-refractivity contribution in [3.05, 3.63) is 77.6 Å². The lowest BCUT2D eigenvalue weighted by Gasteiger charge is -2.33. The maximum Gasteiger partial charge on any atom is 0.247 e. The number of piperazine rings is 1. The largest absolute Gasteiger partial charge is 0.419 e. The first kappa shape index (κ1) is 21.1. The second-order valence-electron chi connectivity index (χ2n) is 7.70. The Morgan fingerprint density at radius 3 is 2.34 bits per heavy atom. The van der Waals surface area contributed by atoms with Gasteiger partial charge in [-0.2, -0.15) is 4.31 Å². The van der Waals surface area contributed by atoms with Gasteiger partial charge in [0.1, 0.15) is 0 Å². The molecule has 1 fully saturated rings. The first-order valence-corrected chi connectivity index (χ1v) is 12.1. The van der Waals surface area contributed by atoms with E-state index in [-0.39, 0.29) is 0 Å². The normalized spacial score (nSPS) is 15.9. The number of nitrogens with zero attached hydrogens (tertiary/aromatic N) is 4. The molecule has 0 aliphatic carbocycles. The fourth-order valence-corrected chi connectivity index (χ4v) is 5.41. The average Bonchev–Trinajstić information content (AvgIpc) is 3.28. The van der Waals surface area contributed by atoms with Crippen LogP contribution in [0.3, 0.4) is 0 Å². The van der Waals surface area contributed by atoms with E-state index in [4.69, 9.17) is 16.0 Å². The van der Waals surface area contributed by atoms with Gasteiger partial charge in [-0.25, -0.2) is 8.42 Å². The zero-order valence-electron chi connectivity index (χ0n) is 17.2. The van der Waals surface area contributed by atoms with Crippen molar-refractivity contribution in [2.24, 2.45) is 0 Å². The summed E-state index contributed by atoms with van der Waals surface area (Å²) in [5.41, 5.74) is 0.805. The van der Waals surface area contributed by atoms with Crippen LogP contribution in [0, 0.1) is 0 Å². The predicted molar refractivity (Wildman–Crippen MR) is 123 cm³/mol. The molecule has 0 spiro atoms. The second kappa shape index (κ2) is 8.63. The Kier molecular flexibility index (Phi) is 5.69. The number of fused-ring (bicyclic) bond motifs is 1. The molecule has 0 amide bonds. The molecule has 0 unspecified atom stereocenters. The minimum absolute atomic E-state index is 0.328. The SMILES string of the molecule is O=S(=O)(c1ccc2ccccc2c1)N1CCN(Cc2nnc(-c3ccc(Cl)cc3)o2)CC1. The molecule has 32 heavy (non-hydrogen) atoms. The fraction of sp³-hybridized carbons (Fsp3) is 0.217. The van der Waals surface area contributed by atoms with Gasteiger partial charge in [-0.05, 0) is 47.2 Å². The van der Waals surface area contributed by atoms with Crippen molar-refractivity contribution in [3.8, 4) is 11.5 Å². The lowest BCUT2D eigenvalue weighted by Crippen LogP contribution is -2.48. The van der Waals surface area contributed by atoms with Gasteiger partial charge in [-0.15, -0.1) is 10.2 Å². The van der Waals surface area contributed by atoms with E-state index < -0.39 is 10.0 Å². The molecule has 9 heteroatoms. The molecule has 4 aromatic rings. The topological polar surface area (TPSA) is 79.5 Å². The van der Waals surface area contributed by atoms with E-state index in [0.717, 1.165) is 16.3 Å². The summed E-state index contributed by atoms with van der Waals surface area (Å²) in [7, 11) is -3.54. The Bertz CT molecular complexity index is 1350. The van der Waals surface area contributed by atoms with E-state index >= 15 is 0 Å². The summed E-state index contributed by atoms with van der Waals surface area (Å²) in [5, 5.41) is 10.8. The monoisotopic (exact) mass is 468 g/mol. The van der Waals surface area contributed by atoms with Crippen molar-refractivity contribution < 1.29 is 12.8 Å². The van der Waals surface area contributed by atoms with E-state index in [1.807, 2.05) is 42.5 Å². The third-order valence-electron chi connectivity index (χ3n) is 5.61. The van der Waals surface area contributed by atoms with Crippen LogP contribution >= 0.6 is 11.6 Å². The smallest absolute Gasteiger partial charge is 0.247 e. The van der Waals surface area contributed by atoms with E-state index in [0.29, 0.717) is 54.4 Å². The van der Waals surface area contributed by atoms with Crippen molar-refractivity contribution in [2.45, 2.75) is 11.4 Å². The first-order valence-electron chi connectivity index (χ1n) is 10.3. The van der Waals surface area contributed by atoms with Gasteiger partial charge in [0.2, 0.25) is 21.8 Å². The minimum Gasteiger partial charge on any atom is -0.419 e. The first-order chi connectivity index (χ1) is 15.5. The lowest BCUT2D eigenvalue weighted by atomic mass is 10.1. The molecule has 0 bridgehead atoms. The van der Waals surface area contributed by atoms with E-state index in [1.165, 1.54) is 0 Å². The highest BCUT2D eigenvalue weighted by atomic mass is 35.5. The number of hydrogen-bond donors (Lipinski definition) is 0. The van der Waals surface area contributed by atoms with Crippen LogP contribution in [0.1, 0.15) is 5.89 Å². The van der Waals surface area contributed by atoms with E-state index in [9.17, 15) is 8.42 Å². The molecule has 1 aliphatic rings. The van der Waals surface area contributed by atoms with Crippen LogP contribution in [0.4, 0.5) is 0 Å². The summed E-state index contributed by atoms with van der Waals surface area (Å²) in [6.45, 7) is 2.47. The Morgan fingerprint density at radius 2 is 1.59 bits per heavy atom. The number of benzene rings is 3. The van der Waals surface area contributed by atoms with Crippen LogP contribution in [0.5, 0.6) is 0 Å². The fourth-order valence-electron chi connectivity index (χ4n) is 3.82. The summed E-state index contributed by atoms with van der Waals surface area (Å²) in [5.74, 6) is 0.940. The average molecular weight is 469 g/mol. The van der Waals surface area contributed by atoms with Crippen LogP contribution in [0.2, 0.25) is 5.02 Å². The highest BCUT2D eigenvalue weighted by molar-refractivity contribution is 7.89. The summed E-state index contributed by atoms with van der Waals surface area (Å²) < 4.78 is 33.6. The molecular formula is C23H21ClN4O3S. The Labute approximate surface area is 191 Å². The number of sulfonamides is 1. The Morgan fingerprint density at radius 1 is 0.875 bits per heavy atom. The molecule has 3 aromatic carbocycles. The van der Waals surface area contributed by atoms with Crippen LogP contribution in [0.15, 0.2) is 76.0 Å². The molecule has 0 saturated carbocycles. The van der Waals surface area contributed by atoms with Crippen LogP contribution < -0.4 is 0 Å². The van der Waals surface area contributed by atoms with Gasteiger partial charge in [0.05, 0.1) is 11.4 Å². The molecule has 0 radical (unpaired) electrons. The van der Waals surface area contributed by atoms with Crippen molar-refractivity contribution in [3.63, 3.8) is 0 Å². The van der Waals surface area contributed by atoms with Crippen molar-refractivity contribution >= 4 is 32.4 Å². The summed E-state index contributed by atoms with van der Waals surface area (Å²) in [6.07, 6.45) is 0. The van der Waals surface area contributed by atoms with Gasteiger partial charge in [-0.1, -0.05) is 41.9 Å². The summed E-state index contributed by atoms with van der Waals surface area (Å²) in [6, 6.07) is 20.2. The van der Waals surface area contributed by atoms with Gasteiger partial charge in [-0.3, -0.25) is 4.90 Å². The van der Waals surface area contributed by atoms with Crippen LogP contribution in [-0.4, -0.2) is 54.0 Å². The number of hydrogen-bond acceptors (Lipinski definition) is 6. The van der Waals surface area contributed by atoms with Crippen LogP contribution in [-0.2, 0) is 16.6 Å². The second-order valence-corrected chi connectivity index (χ2v) is 10.1. The third kappa shape index (κ3) is 4.27. The maximum absolute atomic E-state index is 13.1. The Balaban J connectivity index is 1.23. The molecule has 0 N–H and O–H groups in total. The standard InChI is InChI=1S/C23H21ClN4O3S/c24-20-8-5-18(6-9-20)23-26-25-22(31-23)16-27-11-13-28(14-12-27)32(29,30)21-10-7-17-3-1-2-4-19(17)15-21/h1-10,15H,11-14,16H2. The summed E-state index contributed by atoms with van der Waals surface area (Å²) in [4.78, 5) is 2.44. The van der Waals surface area contributed by atoms with Gasteiger partial charge >= 0.3 is 0 Å². The maximum atomic E-state index is 13.1. The minimum atomic E-state index is -3.54. The zero-order chi connectivity index (χ0) is 22.1. The number of halogens is 1.